The van der Waals surface area contributed by atoms with E-state index in [4.69, 9.17) is 4.74 Å². The number of nitrogens with one attached hydrogen (secondary N) is 2. The van der Waals surface area contributed by atoms with Crippen molar-refractivity contribution in [3.63, 3.8) is 0 Å². The molecule has 2 unspecified atom stereocenters. The van der Waals surface area contributed by atoms with Crippen molar-refractivity contribution in [2.45, 2.75) is 25.0 Å². The van der Waals surface area contributed by atoms with Crippen molar-refractivity contribution >= 4 is 24.2 Å². The second-order valence-corrected chi connectivity index (χ2v) is 5.16. The van der Waals surface area contributed by atoms with Crippen LogP contribution in [0.2, 0.25) is 0 Å². The van der Waals surface area contributed by atoms with Gasteiger partial charge in [-0.25, -0.2) is 0 Å². The third kappa shape index (κ3) is 4.06. The molecule has 2 aliphatic rings. The minimum atomic E-state index is -0.340. The highest BCUT2D eigenvalue weighted by Gasteiger charge is 2.32. The molecule has 0 aromatic rings. The minimum Gasteiger partial charge on any atom is -0.363 e. The van der Waals surface area contributed by atoms with Gasteiger partial charge in [-0.3, -0.25) is 9.59 Å². The number of ether oxygens (including phenoxy) is 1. The molecule has 0 aromatic carbocycles. The molecule has 19 heavy (non-hydrogen) atoms. The summed E-state index contributed by atoms with van der Waals surface area (Å²) in [6.07, 6.45) is 1.19. The first-order chi connectivity index (χ1) is 8.58. The molecule has 6 nitrogen and oxygen atoms in total. The maximum atomic E-state index is 11.7. The van der Waals surface area contributed by atoms with Gasteiger partial charge in [-0.15, -0.1) is 12.4 Å². The van der Waals surface area contributed by atoms with Crippen molar-refractivity contribution in [3.8, 4) is 0 Å². The van der Waals surface area contributed by atoms with Gasteiger partial charge in [0.1, 0.15) is 6.10 Å². The Morgan fingerprint density at radius 2 is 2.00 bits per heavy atom. The number of halogens is 1. The fraction of sp³-hybridized carbons (Fsp3) is 0.833. The molecule has 0 radical (unpaired) electrons. The zero-order valence-corrected chi connectivity index (χ0v) is 12.2. The van der Waals surface area contributed by atoms with Gasteiger partial charge in [-0.1, -0.05) is 0 Å². The van der Waals surface area contributed by atoms with Crippen molar-refractivity contribution in [2.75, 3.05) is 33.7 Å². The Balaban J connectivity index is 0.00000180. The highest BCUT2D eigenvalue weighted by atomic mass is 35.5. The molecule has 2 rings (SSSR count). The van der Waals surface area contributed by atoms with Gasteiger partial charge in [0, 0.05) is 33.7 Å². The normalized spacial score (nSPS) is 26.2. The molecule has 2 heterocycles. The van der Waals surface area contributed by atoms with Crippen LogP contribution in [0, 0.1) is 5.92 Å². The van der Waals surface area contributed by atoms with Gasteiger partial charge >= 0.3 is 0 Å². The highest BCUT2D eigenvalue weighted by molar-refractivity contribution is 5.85. The Hall–Kier alpha value is -0.850. The van der Waals surface area contributed by atoms with E-state index in [1.807, 2.05) is 0 Å². The molecule has 2 N–H and O–H groups in total. The average Bonchev–Trinajstić information content (AvgIpc) is 2.71. The predicted molar refractivity (Wildman–Crippen MR) is 73.2 cm³/mol. The maximum absolute atomic E-state index is 11.7. The standard InChI is InChI=1S/C12H21N3O3.ClH/c1-15(2)12(17)10-4-3-9(18-10)7-14-11(16)8-5-13-6-8;/h8-10,13H,3-7H2,1-2H3,(H,14,16);1H. The number of likely N-dealkylation sites (N-methyl/N-ethyl adjacent to an activating group) is 1. The van der Waals surface area contributed by atoms with Crippen molar-refractivity contribution < 1.29 is 14.3 Å². The molecule has 110 valence electrons. The van der Waals surface area contributed by atoms with Crippen LogP contribution in [-0.4, -0.2) is 62.7 Å². The Kier molecular flexibility index (Phi) is 6.03. The summed E-state index contributed by atoms with van der Waals surface area (Å²) < 4.78 is 5.64. The van der Waals surface area contributed by atoms with Crippen LogP contribution in [0.25, 0.3) is 0 Å². The van der Waals surface area contributed by atoms with E-state index < -0.39 is 0 Å². The molecule has 0 saturated carbocycles. The van der Waals surface area contributed by atoms with E-state index in [9.17, 15) is 9.59 Å². The van der Waals surface area contributed by atoms with Gasteiger partial charge < -0.3 is 20.3 Å². The van der Waals surface area contributed by atoms with Gasteiger partial charge in [0.15, 0.2) is 0 Å². The summed E-state index contributed by atoms with van der Waals surface area (Å²) in [5.74, 6) is 0.192. The van der Waals surface area contributed by atoms with E-state index in [2.05, 4.69) is 10.6 Å². The number of carbonyl (C=O) groups excluding carboxylic acids is 2. The van der Waals surface area contributed by atoms with Gasteiger partial charge in [0.2, 0.25) is 5.91 Å². The lowest BCUT2D eigenvalue weighted by molar-refractivity contribution is -0.140. The van der Waals surface area contributed by atoms with E-state index >= 15 is 0 Å². The molecule has 2 fully saturated rings. The van der Waals surface area contributed by atoms with Gasteiger partial charge in [-0.2, -0.15) is 0 Å². The molecule has 0 bridgehead atoms. The number of nitrogens with zero attached hydrogens (tertiary/aromatic N) is 1. The van der Waals surface area contributed by atoms with E-state index in [1.54, 1.807) is 19.0 Å². The second-order valence-electron chi connectivity index (χ2n) is 5.16. The summed E-state index contributed by atoms with van der Waals surface area (Å²) in [5.41, 5.74) is 0. The lowest BCUT2D eigenvalue weighted by atomic mass is 10.0. The van der Waals surface area contributed by atoms with Crippen molar-refractivity contribution in [2.24, 2.45) is 5.92 Å². The van der Waals surface area contributed by atoms with E-state index in [0.29, 0.717) is 6.54 Å². The summed E-state index contributed by atoms with van der Waals surface area (Å²) >= 11 is 0. The van der Waals surface area contributed by atoms with Crippen molar-refractivity contribution in [1.29, 1.82) is 0 Å². The molecule has 2 amide bonds. The zero-order valence-electron chi connectivity index (χ0n) is 11.3. The average molecular weight is 292 g/mol. The molecule has 2 saturated heterocycles. The molecule has 2 atom stereocenters. The van der Waals surface area contributed by atoms with Crippen LogP contribution in [0.4, 0.5) is 0 Å². The molecule has 0 spiro atoms. The summed E-state index contributed by atoms with van der Waals surface area (Å²) in [4.78, 5) is 24.9. The zero-order chi connectivity index (χ0) is 13.1. The maximum Gasteiger partial charge on any atom is 0.251 e. The van der Waals surface area contributed by atoms with Crippen LogP contribution >= 0.6 is 12.4 Å². The molecule has 0 aromatic heterocycles. The largest absolute Gasteiger partial charge is 0.363 e. The van der Waals surface area contributed by atoms with Gasteiger partial charge in [0.05, 0.1) is 12.0 Å². The monoisotopic (exact) mass is 291 g/mol. The van der Waals surface area contributed by atoms with Crippen LogP contribution in [-0.2, 0) is 14.3 Å². The molecular weight excluding hydrogens is 270 g/mol. The van der Waals surface area contributed by atoms with Crippen molar-refractivity contribution in [1.82, 2.24) is 15.5 Å². The number of rotatable bonds is 4. The summed E-state index contributed by atoms with van der Waals surface area (Å²) in [7, 11) is 3.45. The Bertz CT molecular complexity index is 334. The second kappa shape index (κ2) is 7.07. The number of amides is 2. The lowest BCUT2D eigenvalue weighted by Crippen LogP contribution is -2.51. The van der Waals surface area contributed by atoms with Gasteiger partial charge in [-0.05, 0) is 12.8 Å². The number of carbonyl (C=O) groups is 2. The Labute approximate surface area is 119 Å². The van der Waals surface area contributed by atoms with Gasteiger partial charge in [0.25, 0.3) is 5.91 Å². The van der Waals surface area contributed by atoms with Crippen LogP contribution in [0.3, 0.4) is 0 Å². The quantitative estimate of drug-likeness (QED) is 0.724. The molecule has 7 heteroatoms. The Morgan fingerprint density at radius 3 is 2.53 bits per heavy atom. The van der Waals surface area contributed by atoms with Crippen LogP contribution < -0.4 is 10.6 Å². The summed E-state index contributed by atoms with van der Waals surface area (Å²) in [6, 6.07) is 0. The lowest BCUT2D eigenvalue weighted by Gasteiger charge is -2.26. The smallest absolute Gasteiger partial charge is 0.251 e. The van der Waals surface area contributed by atoms with E-state index in [-0.39, 0.29) is 42.3 Å². The third-order valence-electron chi connectivity index (χ3n) is 3.48. The molecule has 2 aliphatic heterocycles. The van der Waals surface area contributed by atoms with Crippen molar-refractivity contribution in [3.05, 3.63) is 0 Å². The number of hydrogen-bond acceptors (Lipinski definition) is 4. The predicted octanol–water partition coefficient (Wildman–Crippen LogP) is -0.620. The third-order valence-corrected chi connectivity index (χ3v) is 3.48. The summed E-state index contributed by atoms with van der Waals surface area (Å²) in [5, 5.41) is 5.95. The first kappa shape index (κ1) is 16.2. The minimum absolute atomic E-state index is 0. The van der Waals surface area contributed by atoms with Crippen LogP contribution in [0.1, 0.15) is 12.8 Å². The fourth-order valence-electron chi connectivity index (χ4n) is 2.16. The van der Waals surface area contributed by atoms with Crippen LogP contribution in [0.15, 0.2) is 0 Å². The molecular formula is C12H22ClN3O3. The Morgan fingerprint density at radius 1 is 1.32 bits per heavy atom. The fourth-order valence-corrected chi connectivity index (χ4v) is 2.16. The molecule has 0 aliphatic carbocycles. The SMILES string of the molecule is CN(C)C(=O)C1CCC(CNC(=O)C2CNC2)O1.Cl. The first-order valence-electron chi connectivity index (χ1n) is 6.43. The first-order valence-corrected chi connectivity index (χ1v) is 6.43. The van der Waals surface area contributed by atoms with E-state index in [0.717, 1.165) is 25.9 Å². The van der Waals surface area contributed by atoms with Crippen LogP contribution in [0.5, 0.6) is 0 Å². The topological polar surface area (TPSA) is 70.7 Å². The van der Waals surface area contributed by atoms with E-state index in [1.165, 1.54) is 0 Å². The highest BCUT2D eigenvalue weighted by Crippen LogP contribution is 2.20. The number of hydrogen-bond donors (Lipinski definition) is 2. The summed E-state index contributed by atoms with van der Waals surface area (Å²) in [6.45, 7) is 2.03.